The molecular weight excluding hydrogens is 268 g/mol. The molecule has 2 rings (SSSR count). The number of nitrogens with two attached hydrogens (primary N) is 1. The summed E-state index contributed by atoms with van der Waals surface area (Å²) in [5.74, 6) is -0.992. The molecule has 114 valence electrons. The molecule has 1 fully saturated rings. The highest BCUT2D eigenvalue weighted by Crippen LogP contribution is 2.29. The topological polar surface area (TPSA) is 92.4 Å². The number of benzene rings is 1. The molecule has 1 aromatic carbocycles. The summed E-state index contributed by atoms with van der Waals surface area (Å²) in [7, 11) is 0. The average molecular weight is 290 g/mol. The molecule has 0 aromatic heterocycles. The minimum Gasteiger partial charge on any atom is -0.481 e. The molecule has 0 radical (unpaired) electrons. The third-order valence-electron chi connectivity index (χ3n) is 3.93. The molecule has 5 heteroatoms. The van der Waals surface area contributed by atoms with E-state index in [1.54, 1.807) is 24.3 Å². The predicted molar refractivity (Wildman–Crippen MR) is 81.0 cm³/mol. The van der Waals surface area contributed by atoms with Crippen molar-refractivity contribution in [1.82, 2.24) is 0 Å². The van der Waals surface area contributed by atoms with Crippen LogP contribution in [0.5, 0.6) is 0 Å². The molecule has 0 unspecified atom stereocenters. The number of carbonyl (C=O) groups is 2. The predicted octanol–water partition coefficient (Wildman–Crippen LogP) is 2.30. The quantitative estimate of drug-likeness (QED) is 0.775. The number of nitrogens with one attached hydrogen (secondary N) is 1. The van der Waals surface area contributed by atoms with Gasteiger partial charge in [-0.1, -0.05) is 31.4 Å². The summed E-state index contributed by atoms with van der Waals surface area (Å²) in [6.07, 6.45) is 5.40. The number of hydrogen-bond acceptors (Lipinski definition) is 3. The summed E-state index contributed by atoms with van der Waals surface area (Å²) in [4.78, 5) is 22.8. The van der Waals surface area contributed by atoms with Crippen LogP contribution in [0.3, 0.4) is 0 Å². The lowest BCUT2D eigenvalue weighted by molar-refractivity contribution is -0.136. The van der Waals surface area contributed by atoms with E-state index in [1.165, 1.54) is 6.42 Å². The van der Waals surface area contributed by atoms with E-state index in [1.807, 2.05) is 0 Å². The van der Waals surface area contributed by atoms with Gasteiger partial charge in [-0.2, -0.15) is 0 Å². The molecule has 1 aromatic rings. The van der Waals surface area contributed by atoms with Crippen molar-refractivity contribution in [3.63, 3.8) is 0 Å². The molecule has 5 nitrogen and oxygen atoms in total. The molecule has 0 aliphatic heterocycles. The monoisotopic (exact) mass is 290 g/mol. The van der Waals surface area contributed by atoms with Crippen LogP contribution in [0, 0.1) is 0 Å². The van der Waals surface area contributed by atoms with Crippen LogP contribution in [0.2, 0.25) is 0 Å². The molecule has 1 aliphatic rings. The summed E-state index contributed by atoms with van der Waals surface area (Å²) in [6, 6.07) is 6.92. The molecule has 0 spiro atoms. The Morgan fingerprint density at radius 3 is 2.62 bits per heavy atom. The number of aliphatic carboxylic acids is 1. The van der Waals surface area contributed by atoms with E-state index in [0.29, 0.717) is 17.7 Å². The number of anilines is 1. The second-order valence-corrected chi connectivity index (χ2v) is 5.92. The van der Waals surface area contributed by atoms with E-state index >= 15 is 0 Å². The molecule has 1 saturated carbocycles. The lowest BCUT2D eigenvalue weighted by atomic mass is 9.80. The van der Waals surface area contributed by atoms with Crippen molar-refractivity contribution in [2.45, 2.75) is 50.5 Å². The zero-order chi connectivity index (χ0) is 15.3. The molecular formula is C16H22N2O3. The van der Waals surface area contributed by atoms with Crippen molar-refractivity contribution in [2.75, 3.05) is 5.32 Å². The number of carboxylic acid groups (broad SMARTS) is 1. The largest absolute Gasteiger partial charge is 0.481 e. The van der Waals surface area contributed by atoms with Crippen molar-refractivity contribution in [2.24, 2.45) is 5.73 Å². The highest BCUT2D eigenvalue weighted by Gasteiger charge is 2.29. The minimum atomic E-state index is -0.887. The van der Waals surface area contributed by atoms with Crippen LogP contribution in [0.4, 0.5) is 5.69 Å². The van der Waals surface area contributed by atoms with Gasteiger partial charge in [-0.05, 0) is 30.5 Å². The Kier molecular flexibility index (Phi) is 4.96. The van der Waals surface area contributed by atoms with Crippen LogP contribution in [0.1, 0.15) is 44.1 Å². The summed E-state index contributed by atoms with van der Waals surface area (Å²) < 4.78 is 0. The van der Waals surface area contributed by atoms with Gasteiger partial charge < -0.3 is 16.2 Å². The van der Waals surface area contributed by atoms with Gasteiger partial charge in [0.25, 0.3) is 0 Å². The van der Waals surface area contributed by atoms with Gasteiger partial charge in [0.05, 0.1) is 6.42 Å². The van der Waals surface area contributed by atoms with Crippen LogP contribution in [-0.4, -0.2) is 22.5 Å². The van der Waals surface area contributed by atoms with Crippen molar-refractivity contribution < 1.29 is 14.7 Å². The lowest BCUT2D eigenvalue weighted by Crippen LogP contribution is -2.44. The van der Waals surface area contributed by atoms with E-state index in [0.717, 1.165) is 25.7 Å². The van der Waals surface area contributed by atoms with Crippen molar-refractivity contribution >= 4 is 17.6 Å². The van der Waals surface area contributed by atoms with E-state index in [-0.39, 0.29) is 17.9 Å². The smallest absolute Gasteiger partial charge is 0.307 e. The first-order valence-electron chi connectivity index (χ1n) is 7.36. The van der Waals surface area contributed by atoms with Crippen molar-refractivity contribution in [1.29, 1.82) is 0 Å². The van der Waals surface area contributed by atoms with E-state index in [4.69, 9.17) is 10.8 Å². The molecule has 0 heterocycles. The van der Waals surface area contributed by atoms with Gasteiger partial charge >= 0.3 is 5.97 Å². The molecule has 1 amide bonds. The fraction of sp³-hybridized carbons (Fsp3) is 0.500. The molecule has 0 saturated heterocycles. The lowest BCUT2D eigenvalue weighted by Gasteiger charge is -2.32. The highest BCUT2D eigenvalue weighted by atomic mass is 16.4. The van der Waals surface area contributed by atoms with Crippen molar-refractivity contribution in [3.8, 4) is 0 Å². The van der Waals surface area contributed by atoms with Crippen molar-refractivity contribution in [3.05, 3.63) is 29.8 Å². The summed E-state index contributed by atoms with van der Waals surface area (Å²) in [6.45, 7) is 0. The Hall–Kier alpha value is -1.88. The SMILES string of the molecule is NC1(CC(=O)Nc2cccc(CC(=O)O)c2)CCCCC1. The van der Waals surface area contributed by atoms with Crippen LogP contribution in [0.25, 0.3) is 0 Å². The number of rotatable bonds is 5. The van der Waals surface area contributed by atoms with E-state index in [9.17, 15) is 9.59 Å². The van der Waals surface area contributed by atoms with Crippen LogP contribution >= 0.6 is 0 Å². The van der Waals surface area contributed by atoms with Gasteiger partial charge in [-0.15, -0.1) is 0 Å². The number of amides is 1. The molecule has 0 atom stereocenters. The van der Waals surface area contributed by atoms with Gasteiger partial charge in [0.1, 0.15) is 0 Å². The second kappa shape index (κ2) is 6.72. The minimum absolute atomic E-state index is 0.0511. The summed E-state index contributed by atoms with van der Waals surface area (Å²) in [5, 5.41) is 11.6. The zero-order valence-corrected chi connectivity index (χ0v) is 12.1. The number of carbonyl (C=O) groups excluding carboxylic acids is 1. The molecule has 4 N–H and O–H groups in total. The number of hydrogen-bond donors (Lipinski definition) is 3. The highest BCUT2D eigenvalue weighted by molar-refractivity contribution is 5.91. The Balaban J connectivity index is 1.94. The van der Waals surface area contributed by atoms with Crippen LogP contribution in [0.15, 0.2) is 24.3 Å². The van der Waals surface area contributed by atoms with E-state index in [2.05, 4.69) is 5.32 Å². The summed E-state index contributed by atoms with van der Waals surface area (Å²) in [5.41, 5.74) is 7.17. The third kappa shape index (κ3) is 4.86. The van der Waals surface area contributed by atoms with Gasteiger partial charge in [0.15, 0.2) is 0 Å². The first-order chi connectivity index (χ1) is 9.97. The molecule has 0 bridgehead atoms. The average Bonchev–Trinajstić information content (AvgIpc) is 2.38. The number of carboxylic acids is 1. The van der Waals surface area contributed by atoms with Gasteiger partial charge in [0, 0.05) is 17.6 Å². The first kappa shape index (κ1) is 15.5. The van der Waals surface area contributed by atoms with Gasteiger partial charge in [-0.25, -0.2) is 0 Å². The van der Waals surface area contributed by atoms with Crippen LogP contribution < -0.4 is 11.1 Å². The Morgan fingerprint density at radius 2 is 1.95 bits per heavy atom. The van der Waals surface area contributed by atoms with Crippen LogP contribution in [-0.2, 0) is 16.0 Å². The molecule has 21 heavy (non-hydrogen) atoms. The third-order valence-corrected chi connectivity index (χ3v) is 3.93. The Morgan fingerprint density at radius 1 is 1.24 bits per heavy atom. The molecule has 1 aliphatic carbocycles. The second-order valence-electron chi connectivity index (χ2n) is 5.92. The standard InChI is InChI=1S/C16H22N2O3/c17-16(7-2-1-3-8-16)11-14(19)18-13-6-4-5-12(9-13)10-15(20)21/h4-6,9H,1-3,7-8,10-11,17H2,(H,18,19)(H,20,21). The van der Waals surface area contributed by atoms with Gasteiger partial charge in [0.2, 0.25) is 5.91 Å². The maximum Gasteiger partial charge on any atom is 0.307 e. The fourth-order valence-electron chi connectivity index (χ4n) is 2.89. The zero-order valence-electron chi connectivity index (χ0n) is 12.1. The Labute approximate surface area is 124 Å². The normalized spacial score (nSPS) is 17.2. The first-order valence-corrected chi connectivity index (χ1v) is 7.36. The fourth-order valence-corrected chi connectivity index (χ4v) is 2.89. The van der Waals surface area contributed by atoms with E-state index < -0.39 is 5.97 Å². The maximum absolute atomic E-state index is 12.1. The maximum atomic E-state index is 12.1. The van der Waals surface area contributed by atoms with Gasteiger partial charge in [-0.3, -0.25) is 9.59 Å². The Bertz CT molecular complexity index is 522. The summed E-state index contributed by atoms with van der Waals surface area (Å²) >= 11 is 0.